The second-order valence-corrected chi connectivity index (χ2v) is 13.7. The van der Waals surface area contributed by atoms with Crippen LogP contribution in [0.25, 0.3) is 0 Å². The van der Waals surface area contributed by atoms with Crippen LogP contribution in [0.1, 0.15) is 61.1 Å². The molecule has 35 heavy (non-hydrogen) atoms. The van der Waals surface area contributed by atoms with Crippen LogP contribution in [-0.2, 0) is 25.9 Å². The number of rotatable bonds is 6. The minimum Gasteiger partial charge on any atom is -0.348 e. The predicted octanol–water partition coefficient (Wildman–Crippen LogP) is 4.11. The van der Waals surface area contributed by atoms with Crippen LogP contribution in [0, 0.1) is 6.92 Å². The van der Waals surface area contributed by atoms with Crippen molar-refractivity contribution in [3.05, 3.63) is 53.3 Å². The molecule has 0 aliphatic heterocycles. The summed E-state index contributed by atoms with van der Waals surface area (Å²) in [5, 5.41) is 1.10. The van der Waals surface area contributed by atoms with Gasteiger partial charge in [-0.3, -0.25) is 4.79 Å². The van der Waals surface area contributed by atoms with E-state index in [1.807, 2.05) is 0 Å². The maximum atomic E-state index is 13.0. The van der Waals surface area contributed by atoms with Crippen molar-refractivity contribution in [2.45, 2.75) is 79.0 Å². The molecule has 0 atom stereocenters. The summed E-state index contributed by atoms with van der Waals surface area (Å²) in [6, 6.07) is 4.65. The lowest BCUT2D eigenvalue weighted by molar-refractivity contribution is -0.137. The number of hydrogen-bond acceptors (Lipinski definition) is 6. The highest BCUT2D eigenvalue weighted by Crippen LogP contribution is 2.34. The molecule has 7 nitrogen and oxygen atoms in total. The molecule has 0 radical (unpaired) electrons. The molecule has 1 N–H and O–H groups in total. The summed E-state index contributed by atoms with van der Waals surface area (Å²) < 4.78 is 90.3. The van der Waals surface area contributed by atoms with Crippen molar-refractivity contribution < 1.29 is 34.8 Å². The second kappa shape index (κ2) is 9.88. The molecule has 2 aromatic rings. The summed E-state index contributed by atoms with van der Waals surface area (Å²) >= 11 is 0. The lowest BCUT2D eigenvalue weighted by Crippen LogP contribution is -2.41. The highest BCUT2D eigenvalue weighted by Gasteiger charge is 2.36. The molecule has 0 bridgehead atoms. The average Bonchev–Trinajstić information content (AvgIpc) is 2.78. The normalized spacial score (nSPS) is 19.5. The van der Waals surface area contributed by atoms with E-state index in [0.717, 1.165) is 18.2 Å². The number of aromatic nitrogens is 1. The molecule has 1 fully saturated rings. The van der Waals surface area contributed by atoms with E-state index in [1.165, 1.54) is 26.1 Å². The van der Waals surface area contributed by atoms with Crippen molar-refractivity contribution >= 4 is 25.6 Å². The molecular weight excluding hydrogens is 505 g/mol. The van der Waals surface area contributed by atoms with E-state index in [1.54, 1.807) is 6.92 Å². The number of carbonyl (C=O) groups is 1. The van der Waals surface area contributed by atoms with Gasteiger partial charge in [0.05, 0.1) is 25.9 Å². The van der Waals surface area contributed by atoms with Crippen molar-refractivity contribution in [2.75, 3.05) is 0 Å². The summed E-state index contributed by atoms with van der Waals surface area (Å²) in [6.45, 7) is 4.68. The van der Waals surface area contributed by atoms with E-state index in [9.17, 15) is 34.8 Å². The lowest BCUT2D eigenvalue weighted by Gasteiger charge is -2.29. The summed E-state index contributed by atoms with van der Waals surface area (Å²) in [5.74, 6) is -0.673. The molecule has 12 heteroatoms. The van der Waals surface area contributed by atoms with Gasteiger partial charge in [-0.25, -0.2) is 21.8 Å². The number of carbonyl (C=O) groups excluding carboxylic acids is 1. The van der Waals surface area contributed by atoms with Crippen LogP contribution in [0.3, 0.4) is 0 Å². The first-order valence-electron chi connectivity index (χ1n) is 11.1. The monoisotopic (exact) mass is 532 g/mol. The van der Waals surface area contributed by atoms with E-state index >= 15 is 0 Å². The molecule has 1 aliphatic rings. The Labute approximate surface area is 203 Å². The lowest BCUT2D eigenvalue weighted by atomic mass is 9.95. The Morgan fingerprint density at radius 3 is 2.26 bits per heavy atom. The van der Waals surface area contributed by atoms with Gasteiger partial charge in [-0.05, 0) is 76.3 Å². The molecule has 0 saturated heterocycles. The molecule has 1 aromatic heterocycles. The third-order valence-corrected chi connectivity index (χ3v) is 10.5. The van der Waals surface area contributed by atoms with Gasteiger partial charge in [0.2, 0.25) is 0 Å². The third-order valence-electron chi connectivity index (χ3n) is 6.07. The summed E-state index contributed by atoms with van der Waals surface area (Å²) in [7, 11) is -7.77. The number of amides is 1. The van der Waals surface area contributed by atoms with Gasteiger partial charge < -0.3 is 5.32 Å². The highest BCUT2D eigenvalue weighted by molar-refractivity contribution is 7.92. The van der Waals surface area contributed by atoms with Crippen molar-refractivity contribution in [1.82, 2.24) is 10.3 Å². The van der Waals surface area contributed by atoms with Crippen LogP contribution >= 0.6 is 0 Å². The van der Waals surface area contributed by atoms with Gasteiger partial charge in [0, 0.05) is 12.2 Å². The van der Waals surface area contributed by atoms with Gasteiger partial charge in [0.15, 0.2) is 19.7 Å². The first-order valence-corrected chi connectivity index (χ1v) is 14.2. The van der Waals surface area contributed by atoms with Crippen LogP contribution in [0.4, 0.5) is 13.2 Å². The molecule has 1 saturated carbocycles. The molecule has 3 rings (SSSR count). The summed E-state index contributed by atoms with van der Waals surface area (Å²) in [5.41, 5.74) is -0.665. The largest absolute Gasteiger partial charge is 0.416 e. The Balaban J connectivity index is 1.73. The van der Waals surface area contributed by atoms with Gasteiger partial charge in [0.25, 0.3) is 5.91 Å². The standard InChI is InChI=1S/C23H27F3N2O5S2/c1-14(2)34(30,31)20-11-15(3)13-27-21(20)22(29)28-17-7-9-18(10-8-17)35(32,33)19-6-4-5-16(12-19)23(24,25)26/h4-6,11-14,17-18H,7-10H2,1-3H3,(H,28,29)/t17-,18-. The van der Waals surface area contributed by atoms with E-state index in [2.05, 4.69) is 10.3 Å². The average molecular weight is 533 g/mol. The van der Waals surface area contributed by atoms with Gasteiger partial charge in [-0.1, -0.05) is 6.07 Å². The van der Waals surface area contributed by atoms with Crippen molar-refractivity contribution in [2.24, 2.45) is 0 Å². The van der Waals surface area contributed by atoms with Gasteiger partial charge >= 0.3 is 6.18 Å². The van der Waals surface area contributed by atoms with E-state index in [4.69, 9.17) is 0 Å². The van der Waals surface area contributed by atoms with E-state index in [-0.39, 0.29) is 41.2 Å². The molecule has 1 heterocycles. The Hall–Kier alpha value is -2.47. The van der Waals surface area contributed by atoms with Crippen molar-refractivity contribution in [3.63, 3.8) is 0 Å². The molecular formula is C23H27F3N2O5S2. The number of pyridine rings is 1. The van der Waals surface area contributed by atoms with Crippen molar-refractivity contribution in [1.29, 1.82) is 0 Å². The Bertz CT molecular complexity index is 1310. The fourth-order valence-corrected chi connectivity index (χ4v) is 7.11. The molecule has 0 unspecified atom stereocenters. The Morgan fingerprint density at radius 1 is 1.06 bits per heavy atom. The fourth-order valence-electron chi connectivity index (χ4n) is 4.00. The number of nitrogens with one attached hydrogen (secondary N) is 1. The quantitative estimate of drug-likeness (QED) is 0.600. The van der Waals surface area contributed by atoms with Gasteiger partial charge in [0.1, 0.15) is 5.69 Å². The number of alkyl halides is 3. The molecule has 1 aliphatic carbocycles. The van der Waals surface area contributed by atoms with E-state index < -0.39 is 53.9 Å². The smallest absolute Gasteiger partial charge is 0.348 e. The molecule has 1 amide bonds. The van der Waals surface area contributed by atoms with Crippen LogP contribution < -0.4 is 5.32 Å². The summed E-state index contributed by atoms with van der Waals surface area (Å²) in [4.78, 5) is 16.4. The number of benzene rings is 1. The topological polar surface area (TPSA) is 110 Å². The minimum atomic E-state index is -4.65. The zero-order valence-electron chi connectivity index (χ0n) is 19.5. The maximum Gasteiger partial charge on any atom is 0.416 e. The SMILES string of the molecule is Cc1cnc(C(=O)N[C@H]2CC[C@H](S(=O)(=O)c3cccc(C(F)(F)F)c3)CC2)c(S(=O)(=O)C(C)C)c1. The van der Waals surface area contributed by atoms with Crippen LogP contribution in [-0.4, -0.2) is 44.3 Å². The maximum absolute atomic E-state index is 13.0. The number of hydrogen-bond donors (Lipinski definition) is 1. The van der Waals surface area contributed by atoms with Crippen LogP contribution in [0.5, 0.6) is 0 Å². The Morgan fingerprint density at radius 2 is 1.69 bits per heavy atom. The Kier molecular flexibility index (Phi) is 7.66. The number of halogens is 3. The van der Waals surface area contributed by atoms with Gasteiger partial charge in [-0.2, -0.15) is 13.2 Å². The van der Waals surface area contributed by atoms with Crippen molar-refractivity contribution in [3.8, 4) is 0 Å². The third kappa shape index (κ3) is 5.85. The highest BCUT2D eigenvalue weighted by atomic mass is 32.2. The predicted molar refractivity (Wildman–Crippen MR) is 123 cm³/mol. The molecule has 1 aromatic carbocycles. The zero-order chi connectivity index (χ0) is 26.2. The summed E-state index contributed by atoms with van der Waals surface area (Å²) in [6.07, 6.45) is -2.43. The number of nitrogens with zero attached hydrogens (tertiary/aromatic N) is 1. The molecule has 0 spiro atoms. The van der Waals surface area contributed by atoms with Crippen LogP contribution in [0.2, 0.25) is 0 Å². The second-order valence-electron chi connectivity index (χ2n) is 8.97. The number of aryl methyl sites for hydroxylation is 1. The number of sulfone groups is 2. The fraction of sp³-hybridized carbons (Fsp3) is 0.478. The first kappa shape index (κ1) is 27.1. The minimum absolute atomic E-state index is 0.141. The zero-order valence-corrected chi connectivity index (χ0v) is 21.1. The first-order chi connectivity index (χ1) is 16.1. The van der Waals surface area contributed by atoms with Crippen LogP contribution in [0.15, 0.2) is 46.3 Å². The van der Waals surface area contributed by atoms with E-state index in [0.29, 0.717) is 11.6 Å². The molecule has 192 valence electrons. The van der Waals surface area contributed by atoms with Gasteiger partial charge in [-0.15, -0.1) is 0 Å².